The Labute approximate surface area is 182 Å². The van der Waals surface area contributed by atoms with Gasteiger partial charge >= 0.3 is 6.03 Å². The normalized spacial score (nSPS) is 24.8. The predicted octanol–water partition coefficient (Wildman–Crippen LogP) is 2.89. The summed E-state index contributed by atoms with van der Waals surface area (Å²) < 4.78 is 5.91. The van der Waals surface area contributed by atoms with Crippen molar-refractivity contribution < 1.29 is 19.4 Å². The monoisotopic (exact) mass is 437 g/mol. The minimum atomic E-state index is -0.509. The van der Waals surface area contributed by atoms with Crippen molar-refractivity contribution in [3.05, 3.63) is 34.9 Å². The average Bonchev–Trinajstić information content (AvgIpc) is 2.75. The number of rotatable bonds is 7. The lowest BCUT2D eigenvalue weighted by atomic mass is 9.95. The van der Waals surface area contributed by atoms with Crippen LogP contribution in [0.3, 0.4) is 0 Å². The third-order valence-electron chi connectivity index (χ3n) is 5.87. The number of halogens is 1. The Morgan fingerprint density at radius 1 is 1.03 bits per heavy atom. The van der Waals surface area contributed by atoms with Crippen LogP contribution in [0.15, 0.2) is 24.3 Å². The first kappa shape index (κ1) is 22.8. The highest BCUT2D eigenvalue weighted by molar-refractivity contribution is 6.30. The van der Waals surface area contributed by atoms with Crippen LogP contribution in [0.25, 0.3) is 0 Å². The van der Waals surface area contributed by atoms with Crippen molar-refractivity contribution in [3.63, 3.8) is 0 Å². The van der Waals surface area contributed by atoms with E-state index in [0.29, 0.717) is 24.4 Å². The number of benzene rings is 1. The Hall–Kier alpha value is -1.83. The molecule has 0 bridgehead atoms. The molecule has 1 saturated heterocycles. The van der Waals surface area contributed by atoms with Gasteiger partial charge in [-0.1, -0.05) is 43.0 Å². The molecule has 1 aliphatic carbocycles. The van der Waals surface area contributed by atoms with Crippen LogP contribution in [0.2, 0.25) is 5.02 Å². The highest BCUT2D eigenvalue weighted by Gasteiger charge is 2.33. The summed E-state index contributed by atoms with van der Waals surface area (Å²) in [5.74, 6) is -0.104. The van der Waals surface area contributed by atoms with Gasteiger partial charge in [-0.15, -0.1) is 0 Å². The second kappa shape index (κ2) is 11.5. The number of aliphatic hydroxyl groups excluding tert-OH is 1. The van der Waals surface area contributed by atoms with Gasteiger partial charge in [0, 0.05) is 17.6 Å². The van der Waals surface area contributed by atoms with Crippen LogP contribution in [0, 0.1) is 0 Å². The first-order valence-corrected chi connectivity index (χ1v) is 11.3. The summed E-state index contributed by atoms with van der Waals surface area (Å²) >= 11 is 5.87. The second-order valence-electron chi connectivity index (χ2n) is 8.22. The SMILES string of the molecule is O=C(C[C@@H]1CC[C@@H](NC(=O)NC2CCCCC2)[C@H](CO)O1)NCc1ccc(Cl)cc1. The summed E-state index contributed by atoms with van der Waals surface area (Å²) in [6, 6.07) is 7.09. The molecule has 0 spiro atoms. The molecule has 4 N–H and O–H groups in total. The zero-order valence-electron chi connectivity index (χ0n) is 17.2. The van der Waals surface area contributed by atoms with E-state index >= 15 is 0 Å². The van der Waals surface area contributed by atoms with Gasteiger partial charge in [-0.05, 0) is 43.4 Å². The maximum absolute atomic E-state index is 12.3. The van der Waals surface area contributed by atoms with Gasteiger partial charge in [-0.2, -0.15) is 0 Å². The molecule has 1 saturated carbocycles. The molecule has 3 amide bonds. The molecule has 30 heavy (non-hydrogen) atoms. The summed E-state index contributed by atoms with van der Waals surface area (Å²) in [6.45, 7) is 0.231. The Kier molecular flexibility index (Phi) is 8.78. The molecule has 3 atom stereocenters. The lowest BCUT2D eigenvalue weighted by molar-refractivity contribution is -0.130. The van der Waals surface area contributed by atoms with Crippen LogP contribution in [0.5, 0.6) is 0 Å². The van der Waals surface area contributed by atoms with Crippen LogP contribution >= 0.6 is 11.6 Å². The summed E-state index contributed by atoms with van der Waals surface area (Å²) in [5.41, 5.74) is 0.971. The van der Waals surface area contributed by atoms with Gasteiger partial charge in [-0.3, -0.25) is 4.79 Å². The molecule has 0 aromatic heterocycles. The van der Waals surface area contributed by atoms with E-state index in [1.807, 2.05) is 12.1 Å². The number of carbonyl (C=O) groups excluding carboxylic acids is 2. The van der Waals surface area contributed by atoms with Crippen molar-refractivity contribution in [1.29, 1.82) is 0 Å². The summed E-state index contributed by atoms with van der Waals surface area (Å²) in [4.78, 5) is 24.6. The molecule has 2 fully saturated rings. The number of ether oxygens (including phenoxy) is 1. The minimum absolute atomic E-state index is 0.104. The van der Waals surface area contributed by atoms with E-state index in [0.717, 1.165) is 31.2 Å². The highest BCUT2D eigenvalue weighted by atomic mass is 35.5. The number of hydrogen-bond donors (Lipinski definition) is 4. The van der Waals surface area contributed by atoms with Crippen LogP contribution in [-0.2, 0) is 16.1 Å². The fourth-order valence-electron chi connectivity index (χ4n) is 4.17. The molecule has 166 valence electrons. The van der Waals surface area contributed by atoms with E-state index in [9.17, 15) is 14.7 Å². The summed E-state index contributed by atoms with van der Waals surface area (Å²) in [7, 11) is 0. The van der Waals surface area contributed by atoms with Crippen LogP contribution in [0.4, 0.5) is 4.79 Å². The molecule has 8 heteroatoms. The first-order valence-electron chi connectivity index (χ1n) is 10.9. The van der Waals surface area contributed by atoms with E-state index in [2.05, 4.69) is 16.0 Å². The number of amides is 3. The van der Waals surface area contributed by atoms with Crippen LogP contribution in [0.1, 0.15) is 56.9 Å². The van der Waals surface area contributed by atoms with E-state index < -0.39 is 6.10 Å². The third kappa shape index (κ3) is 7.15. The quantitative estimate of drug-likeness (QED) is 0.527. The lowest BCUT2D eigenvalue weighted by Gasteiger charge is -2.36. The Balaban J connectivity index is 1.40. The highest BCUT2D eigenvalue weighted by Crippen LogP contribution is 2.22. The van der Waals surface area contributed by atoms with E-state index in [-0.39, 0.29) is 43.2 Å². The van der Waals surface area contributed by atoms with Gasteiger partial charge in [0.15, 0.2) is 0 Å². The largest absolute Gasteiger partial charge is 0.394 e. The standard InChI is InChI=1S/C22H32ClN3O4/c23-16-8-6-15(7-9-16)13-24-21(28)12-18-10-11-19(20(14-27)30-18)26-22(29)25-17-4-2-1-3-5-17/h6-9,17-20,27H,1-5,10-14H2,(H,24,28)(H2,25,26,29)/t18-,19+,20-/m0/s1. The Bertz CT molecular complexity index is 694. The maximum Gasteiger partial charge on any atom is 0.315 e. The van der Waals surface area contributed by atoms with E-state index in [1.165, 1.54) is 6.42 Å². The average molecular weight is 438 g/mol. The van der Waals surface area contributed by atoms with Crippen LogP contribution < -0.4 is 16.0 Å². The molecule has 2 aliphatic rings. The molecule has 1 aromatic carbocycles. The summed E-state index contributed by atoms with van der Waals surface area (Å²) in [5, 5.41) is 19.2. The molecule has 1 heterocycles. The topological polar surface area (TPSA) is 99.7 Å². The van der Waals surface area contributed by atoms with E-state index in [1.54, 1.807) is 12.1 Å². The fourth-order valence-corrected chi connectivity index (χ4v) is 4.30. The molecular formula is C22H32ClN3O4. The number of hydrogen-bond acceptors (Lipinski definition) is 4. The lowest BCUT2D eigenvalue weighted by Crippen LogP contribution is -2.55. The summed E-state index contributed by atoms with van der Waals surface area (Å²) in [6.07, 6.45) is 6.34. The number of urea groups is 1. The fraction of sp³-hybridized carbons (Fsp3) is 0.636. The third-order valence-corrected chi connectivity index (χ3v) is 6.12. The Morgan fingerprint density at radius 2 is 1.77 bits per heavy atom. The molecular weight excluding hydrogens is 406 g/mol. The molecule has 0 unspecified atom stereocenters. The number of aliphatic hydroxyl groups is 1. The number of nitrogens with one attached hydrogen (secondary N) is 3. The smallest absolute Gasteiger partial charge is 0.315 e. The van der Waals surface area contributed by atoms with Crippen LogP contribution in [-0.4, -0.2) is 47.9 Å². The zero-order chi connectivity index (χ0) is 21.3. The molecule has 1 aliphatic heterocycles. The minimum Gasteiger partial charge on any atom is -0.394 e. The maximum atomic E-state index is 12.3. The van der Waals surface area contributed by atoms with Crippen molar-refractivity contribution in [2.45, 2.75) is 82.2 Å². The van der Waals surface area contributed by atoms with Gasteiger partial charge in [0.2, 0.25) is 5.91 Å². The van der Waals surface area contributed by atoms with Crippen molar-refractivity contribution in [1.82, 2.24) is 16.0 Å². The Morgan fingerprint density at radius 3 is 2.47 bits per heavy atom. The zero-order valence-corrected chi connectivity index (χ0v) is 18.0. The van der Waals surface area contributed by atoms with E-state index in [4.69, 9.17) is 16.3 Å². The van der Waals surface area contributed by atoms with Crippen molar-refractivity contribution in [3.8, 4) is 0 Å². The first-order chi connectivity index (χ1) is 14.5. The number of carbonyl (C=O) groups is 2. The van der Waals surface area contributed by atoms with Crippen molar-refractivity contribution >= 4 is 23.5 Å². The second-order valence-corrected chi connectivity index (χ2v) is 8.66. The molecule has 7 nitrogen and oxygen atoms in total. The van der Waals surface area contributed by atoms with Gasteiger partial charge < -0.3 is 25.8 Å². The van der Waals surface area contributed by atoms with Gasteiger partial charge in [-0.25, -0.2) is 4.79 Å². The van der Waals surface area contributed by atoms with Gasteiger partial charge in [0.25, 0.3) is 0 Å². The molecule has 3 rings (SSSR count). The van der Waals surface area contributed by atoms with Crippen molar-refractivity contribution in [2.75, 3.05) is 6.61 Å². The van der Waals surface area contributed by atoms with Crippen molar-refractivity contribution in [2.24, 2.45) is 0 Å². The molecule has 1 aromatic rings. The van der Waals surface area contributed by atoms with Gasteiger partial charge in [0.1, 0.15) is 6.10 Å². The van der Waals surface area contributed by atoms with Gasteiger partial charge in [0.05, 0.1) is 25.2 Å². The molecule has 0 radical (unpaired) electrons. The predicted molar refractivity (Wildman–Crippen MR) is 115 cm³/mol.